The van der Waals surface area contributed by atoms with E-state index < -0.39 is 0 Å². The van der Waals surface area contributed by atoms with Gasteiger partial charge in [0.15, 0.2) is 5.13 Å². The molecule has 16 heavy (non-hydrogen) atoms. The number of hydrogen-bond donors (Lipinski definition) is 1. The van der Waals surface area contributed by atoms with Crippen molar-refractivity contribution < 1.29 is 4.74 Å². The Morgan fingerprint density at radius 2 is 2.19 bits per heavy atom. The minimum Gasteiger partial charge on any atom is -0.378 e. The number of aromatic nitrogens is 1. The SMILES string of the molecule is COCc1nc(N(C)CC(C)C)sc1CN. The Labute approximate surface area is 101 Å². The van der Waals surface area contributed by atoms with Crippen LogP contribution in [0.4, 0.5) is 5.13 Å². The van der Waals surface area contributed by atoms with E-state index in [0.717, 1.165) is 22.2 Å². The van der Waals surface area contributed by atoms with Crippen LogP contribution >= 0.6 is 11.3 Å². The summed E-state index contributed by atoms with van der Waals surface area (Å²) in [5, 5.41) is 1.03. The summed E-state index contributed by atoms with van der Waals surface area (Å²) in [6, 6.07) is 0. The molecule has 0 unspecified atom stereocenters. The molecule has 0 radical (unpaired) electrons. The Hall–Kier alpha value is -0.650. The molecule has 0 aliphatic rings. The highest BCUT2D eigenvalue weighted by Gasteiger charge is 2.13. The lowest BCUT2D eigenvalue weighted by Gasteiger charge is -2.17. The summed E-state index contributed by atoms with van der Waals surface area (Å²) in [5.41, 5.74) is 6.66. The molecule has 1 rings (SSSR count). The molecule has 92 valence electrons. The third kappa shape index (κ3) is 3.43. The van der Waals surface area contributed by atoms with Gasteiger partial charge in [-0.05, 0) is 5.92 Å². The first-order valence-electron chi connectivity index (χ1n) is 5.47. The molecule has 4 nitrogen and oxygen atoms in total. The number of hydrogen-bond acceptors (Lipinski definition) is 5. The zero-order valence-corrected chi connectivity index (χ0v) is 11.3. The highest BCUT2D eigenvalue weighted by molar-refractivity contribution is 7.15. The van der Waals surface area contributed by atoms with E-state index in [4.69, 9.17) is 10.5 Å². The summed E-state index contributed by atoms with van der Waals surface area (Å²) in [7, 11) is 3.74. The average molecular weight is 243 g/mol. The van der Waals surface area contributed by atoms with Crippen molar-refractivity contribution in [2.75, 3.05) is 25.6 Å². The molecule has 1 heterocycles. The molecule has 0 saturated carbocycles. The van der Waals surface area contributed by atoms with Crippen LogP contribution in [0.3, 0.4) is 0 Å². The third-order valence-electron chi connectivity index (χ3n) is 2.20. The molecule has 0 spiro atoms. The second-order valence-electron chi connectivity index (χ2n) is 4.28. The van der Waals surface area contributed by atoms with Gasteiger partial charge in [-0.3, -0.25) is 0 Å². The Morgan fingerprint density at radius 1 is 1.50 bits per heavy atom. The Balaban J connectivity index is 2.80. The van der Waals surface area contributed by atoms with Crippen LogP contribution < -0.4 is 10.6 Å². The largest absolute Gasteiger partial charge is 0.378 e. The van der Waals surface area contributed by atoms with Gasteiger partial charge in [0.1, 0.15) is 0 Å². The lowest BCUT2D eigenvalue weighted by atomic mass is 10.2. The van der Waals surface area contributed by atoms with Crippen LogP contribution in [0.15, 0.2) is 0 Å². The van der Waals surface area contributed by atoms with E-state index in [-0.39, 0.29) is 0 Å². The zero-order chi connectivity index (χ0) is 12.1. The molecule has 5 heteroatoms. The van der Waals surface area contributed by atoms with Crippen molar-refractivity contribution in [1.82, 2.24) is 4.98 Å². The van der Waals surface area contributed by atoms with Crippen molar-refractivity contribution in [3.63, 3.8) is 0 Å². The molecule has 0 saturated heterocycles. The van der Waals surface area contributed by atoms with Crippen molar-refractivity contribution in [1.29, 1.82) is 0 Å². The number of nitrogens with zero attached hydrogens (tertiary/aromatic N) is 2. The molecular formula is C11H21N3OS. The third-order valence-corrected chi connectivity index (χ3v) is 3.43. The molecule has 0 aliphatic carbocycles. The van der Waals surface area contributed by atoms with Crippen molar-refractivity contribution in [2.24, 2.45) is 11.7 Å². The summed E-state index contributed by atoms with van der Waals surface area (Å²) in [6.45, 7) is 6.47. The van der Waals surface area contributed by atoms with Gasteiger partial charge in [-0.25, -0.2) is 4.98 Å². The quantitative estimate of drug-likeness (QED) is 0.828. The lowest BCUT2D eigenvalue weighted by Crippen LogP contribution is -2.22. The number of rotatable bonds is 6. The molecule has 1 aromatic rings. The minimum absolute atomic E-state index is 0.534. The minimum atomic E-state index is 0.534. The van der Waals surface area contributed by atoms with Crippen LogP contribution in [0.5, 0.6) is 0 Å². The van der Waals surface area contributed by atoms with Crippen molar-refractivity contribution in [2.45, 2.75) is 27.0 Å². The zero-order valence-electron chi connectivity index (χ0n) is 10.5. The van der Waals surface area contributed by atoms with Crippen LogP contribution in [0.1, 0.15) is 24.4 Å². The molecule has 1 aromatic heterocycles. The van der Waals surface area contributed by atoms with Crippen molar-refractivity contribution in [3.05, 3.63) is 10.6 Å². The molecule has 0 aliphatic heterocycles. The van der Waals surface area contributed by atoms with Gasteiger partial charge in [0.2, 0.25) is 0 Å². The van der Waals surface area contributed by atoms with E-state index in [1.807, 2.05) is 0 Å². The van der Waals surface area contributed by atoms with E-state index in [9.17, 15) is 0 Å². The molecule has 0 amide bonds. The fourth-order valence-corrected chi connectivity index (χ4v) is 2.48. The van der Waals surface area contributed by atoms with Gasteiger partial charge in [0.05, 0.1) is 12.3 Å². The monoisotopic (exact) mass is 243 g/mol. The van der Waals surface area contributed by atoms with E-state index in [2.05, 4.69) is 30.8 Å². The second kappa shape index (κ2) is 6.18. The van der Waals surface area contributed by atoms with E-state index in [1.54, 1.807) is 18.4 Å². The molecule has 0 aromatic carbocycles. The first-order chi connectivity index (χ1) is 7.58. The summed E-state index contributed by atoms with van der Waals surface area (Å²) in [4.78, 5) is 7.86. The number of ether oxygens (including phenoxy) is 1. The Morgan fingerprint density at radius 3 is 2.69 bits per heavy atom. The van der Waals surface area contributed by atoms with Crippen molar-refractivity contribution >= 4 is 16.5 Å². The maximum Gasteiger partial charge on any atom is 0.185 e. The van der Waals surface area contributed by atoms with Gasteiger partial charge in [-0.2, -0.15) is 0 Å². The van der Waals surface area contributed by atoms with Gasteiger partial charge in [-0.15, -0.1) is 11.3 Å². The summed E-state index contributed by atoms with van der Waals surface area (Å²) in [5.74, 6) is 0.626. The highest BCUT2D eigenvalue weighted by Crippen LogP contribution is 2.26. The smallest absolute Gasteiger partial charge is 0.185 e. The van der Waals surface area contributed by atoms with E-state index in [0.29, 0.717) is 19.1 Å². The van der Waals surface area contributed by atoms with Gasteiger partial charge >= 0.3 is 0 Å². The first kappa shape index (κ1) is 13.4. The van der Waals surface area contributed by atoms with Crippen LogP contribution in [0.2, 0.25) is 0 Å². The average Bonchev–Trinajstić information content (AvgIpc) is 2.61. The maximum atomic E-state index is 5.69. The van der Waals surface area contributed by atoms with Gasteiger partial charge in [0.25, 0.3) is 0 Å². The predicted molar refractivity (Wildman–Crippen MR) is 68.8 cm³/mol. The number of anilines is 1. The molecule has 0 bridgehead atoms. The number of methoxy groups -OCH3 is 1. The van der Waals surface area contributed by atoms with Crippen LogP contribution in [0, 0.1) is 5.92 Å². The normalized spacial score (nSPS) is 11.1. The Bertz CT molecular complexity index is 325. The molecule has 0 fully saturated rings. The number of nitrogens with two attached hydrogens (primary N) is 1. The van der Waals surface area contributed by atoms with Crippen LogP contribution in [-0.4, -0.2) is 25.7 Å². The number of thiazole rings is 1. The standard InChI is InChI=1S/C11H21N3OS/c1-8(2)6-14(3)11-13-9(7-15-4)10(5-12)16-11/h8H,5-7,12H2,1-4H3. The topological polar surface area (TPSA) is 51.4 Å². The fraction of sp³-hybridized carbons (Fsp3) is 0.727. The highest BCUT2D eigenvalue weighted by atomic mass is 32.1. The first-order valence-corrected chi connectivity index (χ1v) is 6.28. The van der Waals surface area contributed by atoms with Gasteiger partial charge in [0, 0.05) is 32.1 Å². The summed E-state index contributed by atoms with van der Waals surface area (Å²) < 4.78 is 5.11. The van der Waals surface area contributed by atoms with Gasteiger partial charge < -0.3 is 15.4 Å². The fourth-order valence-electron chi connectivity index (χ4n) is 1.57. The maximum absolute atomic E-state index is 5.69. The summed E-state index contributed by atoms with van der Waals surface area (Å²) in [6.07, 6.45) is 0. The summed E-state index contributed by atoms with van der Waals surface area (Å²) >= 11 is 1.66. The van der Waals surface area contributed by atoms with Crippen molar-refractivity contribution in [3.8, 4) is 0 Å². The van der Waals surface area contributed by atoms with Gasteiger partial charge in [-0.1, -0.05) is 13.8 Å². The predicted octanol–water partition coefficient (Wildman–Crippen LogP) is 1.84. The Kier molecular flexibility index (Phi) is 5.18. The lowest BCUT2D eigenvalue weighted by molar-refractivity contribution is 0.181. The van der Waals surface area contributed by atoms with E-state index >= 15 is 0 Å². The second-order valence-corrected chi connectivity index (χ2v) is 5.34. The molecule has 2 N–H and O–H groups in total. The van der Waals surface area contributed by atoms with Crippen LogP contribution in [-0.2, 0) is 17.9 Å². The molecule has 0 atom stereocenters. The molecular weight excluding hydrogens is 222 g/mol. The van der Waals surface area contributed by atoms with E-state index in [1.165, 1.54) is 0 Å². The van der Waals surface area contributed by atoms with Crippen LogP contribution in [0.25, 0.3) is 0 Å².